The van der Waals surface area contributed by atoms with Crippen molar-refractivity contribution in [1.82, 2.24) is 24.8 Å². The molecule has 10 nitrogen and oxygen atoms in total. The molecule has 1 aromatic heterocycles. The number of carbonyl (C=O) groups excluding carboxylic acids is 1. The van der Waals surface area contributed by atoms with Crippen molar-refractivity contribution in [2.24, 2.45) is 0 Å². The Hall–Kier alpha value is -3.76. The van der Waals surface area contributed by atoms with E-state index in [0.717, 1.165) is 31.9 Å². The highest BCUT2D eigenvalue weighted by Gasteiger charge is 2.19. The van der Waals surface area contributed by atoms with Crippen molar-refractivity contribution in [3.8, 4) is 11.5 Å². The summed E-state index contributed by atoms with van der Waals surface area (Å²) in [5.74, 6) is 2.94. The molecule has 0 atom stereocenters. The second-order valence-electron chi connectivity index (χ2n) is 8.54. The minimum Gasteiger partial charge on any atom is -0.457 e. The van der Waals surface area contributed by atoms with Crippen LogP contribution in [0.1, 0.15) is 16.2 Å². The van der Waals surface area contributed by atoms with E-state index in [1.807, 2.05) is 37.3 Å². The summed E-state index contributed by atoms with van der Waals surface area (Å²) in [5, 5.41) is 12.4. The Kier molecular flexibility index (Phi) is 7.74. The topological polar surface area (TPSA) is 107 Å². The van der Waals surface area contributed by atoms with Crippen LogP contribution in [0.2, 0.25) is 0 Å². The molecule has 10 heteroatoms. The number of carbonyl (C=O) groups is 1. The van der Waals surface area contributed by atoms with Gasteiger partial charge in [-0.2, -0.15) is 15.0 Å². The molecule has 1 saturated heterocycles. The molecule has 4 rings (SSSR count). The van der Waals surface area contributed by atoms with E-state index in [4.69, 9.17) is 9.84 Å². The number of aromatic nitrogens is 3. The van der Waals surface area contributed by atoms with Crippen LogP contribution in [0.4, 0.5) is 17.6 Å². The lowest BCUT2D eigenvalue weighted by atomic mass is 10.2. The molecular weight excluding hydrogens is 446 g/mol. The molecule has 0 aliphatic carbocycles. The highest BCUT2D eigenvalue weighted by atomic mass is 16.5. The predicted molar refractivity (Wildman–Crippen MR) is 135 cm³/mol. The summed E-state index contributed by atoms with van der Waals surface area (Å²) < 4.78 is 5.93. The molecule has 0 unspecified atom stereocenters. The number of hydrogen-bond donors (Lipinski definition) is 2. The fourth-order valence-electron chi connectivity index (χ4n) is 3.80. The van der Waals surface area contributed by atoms with Gasteiger partial charge in [-0.15, -0.1) is 0 Å². The molecular formula is C25H31N7O3. The molecule has 0 bridgehead atoms. The first-order valence-corrected chi connectivity index (χ1v) is 11.6. The highest BCUT2D eigenvalue weighted by molar-refractivity contribution is 5.94. The maximum absolute atomic E-state index is 12.2. The van der Waals surface area contributed by atoms with E-state index in [0.29, 0.717) is 41.3 Å². The van der Waals surface area contributed by atoms with Gasteiger partial charge in [-0.1, -0.05) is 6.07 Å². The lowest BCUT2D eigenvalue weighted by Crippen LogP contribution is -2.47. The molecule has 35 heavy (non-hydrogen) atoms. The van der Waals surface area contributed by atoms with Gasteiger partial charge < -0.3 is 25.0 Å². The number of piperazine rings is 1. The Bertz CT molecular complexity index is 1150. The van der Waals surface area contributed by atoms with Crippen molar-refractivity contribution in [2.75, 3.05) is 63.6 Å². The number of rotatable bonds is 8. The fraction of sp³-hybridized carbons (Fsp3) is 0.360. The van der Waals surface area contributed by atoms with E-state index >= 15 is 0 Å². The Balaban J connectivity index is 1.40. The zero-order valence-corrected chi connectivity index (χ0v) is 20.3. The summed E-state index contributed by atoms with van der Waals surface area (Å²) in [6, 6.07) is 14.6. The second kappa shape index (κ2) is 11.1. The summed E-state index contributed by atoms with van der Waals surface area (Å²) >= 11 is 0. The number of nitrogens with zero attached hydrogens (tertiary/aromatic N) is 6. The van der Waals surface area contributed by atoms with E-state index < -0.39 is 0 Å². The van der Waals surface area contributed by atoms with E-state index in [2.05, 4.69) is 30.1 Å². The normalized spacial score (nSPS) is 14.0. The van der Waals surface area contributed by atoms with Crippen molar-refractivity contribution in [3.63, 3.8) is 0 Å². The van der Waals surface area contributed by atoms with Gasteiger partial charge >= 0.3 is 0 Å². The zero-order chi connectivity index (χ0) is 24.8. The monoisotopic (exact) mass is 477 g/mol. The Morgan fingerprint density at radius 3 is 2.46 bits per heavy atom. The van der Waals surface area contributed by atoms with Crippen LogP contribution in [0.5, 0.6) is 11.5 Å². The van der Waals surface area contributed by atoms with Crippen LogP contribution in [0.25, 0.3) is 0 Å². The van der Waals surface area contributed by atoms with Crippen LogP contribution in [0, 0.1) is 6.92 Å². The summed E-state index contributed by atoms with van der Waals surface area (Å²) in [7, 11) is 3.44. The smallest absolute Gasteiger partial charge is 0.253 e. The lowest BCUT2D eigenvalue weighted by molar-refractivity contribution is 0.0827. The minimum absolute atomic E-state index is 0.0750. The molecule has 1 aliphatic heterocycles. The fourth-order valence-corrected chi connectivity index (χ4v) is 3.80. The number of aliphatic hydroxyl groups excluding tert-OH is 1. The van der Waals surface area contributed by atoms with Gasteiger partial charge in [0.05, 0.1) is 6.61 Å². The van der Waals surface area contributed by atoms with Crippen LogP contribution in [-0.2, 0) is 0 Å². The number of amides is 1. The number of aryl methyl sites for hydroxylation is 1. The molecule has 0 saturated carbocycles. The van der Waals surface area contributed by atoms with Gasteiger partial charge in [0.15, 0.2) is 0 Å². The van der Waals surface area contributed by atoms with E-state index in [-0.39, 0.29) is 12.5 Å². The van der Waals surface area contributed by atoms with Gasteiger partial charge in [0.25, 0.3) is 5.91 Å². The molecule has 1 amide bonds. The van der Waals surface area contributed by atoms with Crippen LogP contribution in [0.3, 0.4) is 0 Å². The van der Waals surface area contributed by atoms with Gasteiger partial charge in [-0.25, -0.2) is 0 Å². The molecule has 2 N–H and O–H groups in total. The lowest BCUT2D eigenvalue weighted by Gasteiger charge is -2.34. The average molecular weight is 478 g/mol. The van der Waals surface area contributed by atoms with Crippen molar-refractivity contribution in [1.29, 1.82) is 0 Å². The van der Waals surface area contributed by atoms with Crippen LogP contribution >= 0.6 is 0 Å². The molecule has 0 spiro atoms. The van der Waals surface area contributed by atoms with E-state index in [1.165, 1.54) is 4.90 Å². The molecule has 1 fully saturated rings. The number of β-amino-alcohol motifs (C(OH)–C–C–N with tert-alkyl or cyclic N) is 1. The highest BCUT2D eigenvalue weighted by Crippen LogP contribution is 2.25. The summed E-state index contributed by atoms with van der Waals surface area (Å²) in [6.07, 6.45) is 0. The summed E-state index contributed by atoms with van der Waals surface area (Å²) in [4.78, 5) is 31.6. The largest absolute Gasteiger partial charge is 0.457 e. The zero-order valence-electron chi connectivity index (χ0n) is 20.3. The summed E-state index contributed by atoms with van der Waals surface area (Å²) in [5.41, 5.74) is 1.39. The predicted octanol–water partition coefficient (Wildman–Crippen LogP) is 2.53. The maximum atomic E-state index is 12.2. The Labute approximate surface area is 205 Å². The number of benzene rings is 2. The molecule has 0 radical (unpaired) electrons. The van der Waals surface area contributed by atoms with Crippen molar-refractivity contribution >= 4 is 23.5 Å². The first kappa shape index (κ1) is 24.4. The maximum Gasteiger partial charge on any atom is 0.253 e. The standard InChI is InChI=1S/C25H31N7O3/c1-18-26-24(29-25(27-18)32-13-11-31(12-14-32)15-16-33)28-20-7-9-21(10-8-20)35-22-6-4-5-19(17-22)23(34)30(2)3/h4-10,17,33H,11-16H2,1-3H3,(H,26,27,28,29). The molecule has 2 aromatic carbocycles. The van der Waals surface area contributed by atoms with Crippen molar-refractivity contribution in [3.05, 3.63) is 59.9 Å². The Morgan fingerprint density at radius 2 is 1.77 bits per heavy atom. The van der Waals surface area contributed by atoms with Crippen LogP contribution in [-0.4, -0.2) is 89.2 Å². The van der Waals surface area contributed by atoms with Gasteiger partial charge in [0.1, 0.15) is 17.3 Å². The first-order chi connectivity index (χ1) is 16.9. The van der Waals surface area contributed by atoms with Gasteiger partial charge in [-0.05, 0) is 49.4 Å². The average Bonchev–Trinajstić information content (AvgIpc) is 2.85. The number of nitrogens with one attached hydrogen (secondary N) is 1. The second-order valence-corrected chi connectivity index (χ2v) is 8.54. The van der Waals surface area contributed by atoms with Gasteiger partial charge in [0, 0.05) is 58.1 Å². The molecule has 184 valence electrons. The number of anilines is 3. The molecule has 2 heterocycles. The first-order valence-electron chi connectivity index (χ1n) is 11.6. The van der Waals surface area contributed by atoms with Gasteiger partial charge in [-0.3, -0.25) is 9.69 Å². The van der Waals surface area contributed by atoms with E-state index in [1.54, 1.807) is 32.3 Å². The van der Waals surface area contributed by atoms with Crippen LogP contribution < -0.4 is 15.0 Å². The third kappa shape index (κ3) is 6.43. The van der Waals surface area contributed by atoms with Crippen LogP contribution in [0.15, 0.2) is 48.5 Å². The van der Waals surface area contributed by atoms with E-state index in [9.17, 15) is 4.79 Å². The number of ether oxygens (including phenoxy) is 1. The molecule has 3 aromatic rings. The summed E-state index contributed by atoms with van der Waals surface area (Å²) in [6.45, 7) is 6.04. The third-order valence-electron chi connectivity index (χ3n) is 5.64. The number of hydrogen-bond acceptors (Lipinski definition) is 9. The third-order valence-corrected chi connectivity index (χ3v) is 5.64. The van der Waals surface area contributed by atoms with Crippen molar-refractivity contribution < 1.29 is 14.6 Å². The SMILES string of the molecule is Cc1nc(Nc2ccc(Oc3cccc(C(=O)N(C)C)c3)cc2)nc(N2CCN(CCO)CC2)n1. The minimum atomic E-state index is -0.0750. The molecule has 1 aliphatic rings. The van der Waals surface area contributed by atoms with Gasteiger partial charge in [0.2, 0.25) is 11.9 Å². The number of aliphatic hydroxyl groups is 1. The van der Waals surface area contributed by atoms with Crippen molar-refractivity contribution in [2.45, 2.75) is 6.92 Å². The quantitative estimate of drug-likeness (QED) is 0.506. The Morgan fingerprint density at radius 1 is 1.03 bits per heavy atom.